The van der Waals surface area contributed by atoms with Crippen LogP contribution in [0.5, 0.6) is 0 Å². The number of benzene rings is 1. The quantitative estimate of drug-likeness (QED) is 0.918. The van der Waals surface area contributed by atoms with Crippen molar-refractivity contribution >= 4 is 15.9 Å². The zero-order valence-electron chi connectivity index (χ0n) is 10.8. The van der Waals surface area contributed by atoms with E-state index in [1.54, 1.807) is 6.07 Å². The van der Waals surface area contributed by atoms with Crippen molar-refractivity contribution in [2.75, 3.05) is 19.6 Å². The van der Waals surface area contributed by atoms with Gasteiger partial charge in [0.15, 0.2) is 0 Å². The van der Waals surface area contributed by atoms with E-state index in [9.17, 15) is 4.39 Å². The molecule has 18 heavy (non-hydrogen) atoms. The average Bonchev–Trinajstić information content (AvgIpc) is 2.34. The summed E-state index contributed by atoms with van der Waals surface area (Å²) in [7, 11) is 0. The number of piperazine rings is 1. The summed E-state index contributed by atoms with van der Waals surface area (Å²) in [5, 5.41) is 3.52. The Morgan fingerprint density at radius 2 is 2.33 bits per heavy atom. The topological polar surface area (TPSA) is 15.3 Å². The van der Waals surface area contributed by atoms with E-state index in [-0.39, 0.29) is 5.82 Å². The van der Waals surface area contributed by atoms with Gasteiger partial charge in [-0.3, -0.25) is 4.90 Å². The van der Waals surface area contributed by atoms with Crippen LogP contribution in [0.2, 0.25) is 0 Å². The van der Waals surface area contributed by atoms with Gasteiger partial charge in [0.25, 0.3) is 0 Å². The highest BCUT2D eigenvalue weighted by Crippen LogP contribution is 2.17. The molecule has 1 unspecified atom stereocenters. The molecule has 2 rings (SSSR count). The second-order valence-electron chi connectivity index (χ2n) is 4.91. The van der Waals surface area contributed by atoms with E-state index in [1.807, 2.05) is 12.1 Å². The SMILES string of the molecule is CCCC1CN(Cc2ccc(Br)cc2F)CCN1. The maximum Gasteiger partial charge on any atom is 0.128 e. The van der Waals surface area contributed by atoms with Gasteiger partial charge in [-0.1, -0.05) is 35.3 Å². The Bertz CT molecular complexity index is 395. The minimum absolute atomic E-state index is 0.116. The number of rotatable bonds is 4. The molecule has 0 saturated carbocycles. The van der Waals surface area contributed by atoms with E-state index >= 15 is 0 Å². The Morgan fingerprint density at radius 1 is 1.50 bits per heavy atom. The molecule has 1 saturated heterocycles. The van der Waals surface area contributed by atoms with Crippen LogP contribution in [0.3, 0.4) is 0 Å². The first-order valence-electron chi connectivity index (χ1n) is 6.58. The fourth-order valence-electron chi connectivity index (χ4n) is 2.47. The molecule has 0 radical (unpaired) electrons. The Morgan fingerprint density at radius 3 is 3.06 bits per heavy atom. The molecule has 2 nitrogen and oxygen atoms in total. The van der Waals surface area contributed by atoms with Gasteiger partial charge in [0.05, 0.1) is 0 Å². The van der Waals surface area contributed by atoms with E-state index < -0.39 is 0 Å². The Labute approximate surface area is 117 Å². The maximum absolute atomic E-state index is 13.8. The largest absolute Gasteiger partial charge is 0.311 e. The smallest absolute Gasteiger partial charge is 0.128 e. The molecular formula is C14H20BrFN2. The zero-order chi connectivity index (χ0) is 13.0. The van der Waals surface area contributed by atoms with E-state index in [4.69, 9.17) is 0 Å². The van der Waals surface area contributed by atoms with Crippen LogP contribution in [0.4, 0.5) is 4.39 Å². The van der Waals surface area contributed by atoms with Gasteiger partial charge in [-0.05, 0) is 18.6 Å². The van der Waals surface area contributed by atoms with Crippen molar-refractivity contribution in [3.05, 3.63) is 34.1 Å². The number of hydrogen-bond donors (Lipinski definition) is 1. The van der Waals surface area contributed by atoms with Crippen molar-refractivity contribution in [3.8, 4) is 0 Å². The summed E-state index contributed by atoms with van der Waals surface area (Å²) in [6, 6.07) is 5.88. The van der Waals surface area contributed by atoms with Crippen LogP contribution in [0.1, 0.15) is 25.3 Å². The standard InChI is InChI=1S/C14H20BrFN2/c1-2-3-13-10-18(7-6-17-13)9-11-4-5-12(15)8-14(11)16/h4-5,8,13,17H,2-3,6-7,9-10H2,1H3. The van der Waals surface area contributed by atoms with Gasteiger partial charge in [-0.25, -0.2) is 4.39 Å². The van der Waals surface area contributed by atoms with Gasteiger partial charge < -0.3 is 5.32 Å². The third-order valence-corrected chi connectivity index (χ3v) is 3.88. The molecule has 1 N–H and O–H groups in total. The summed E-state index contributed by atoms with van der Waals surface area (Å²) >= 11 is 3.29. The Kier molecular flexibility index (Phi) is 5.15. The molecule has 4 heteroatoms. The number of nitrogens with zero attached hydrogens (tertiary/aromatic N) is 1. The van der Waals surface area contributed by atoms with Crippen molar-refractivity contribution in [2.24, 2.45) is 0 Å². The third-order valence-electron chi connectivity index (χ3n) is 3.39. The molecule has 1 fully saturated rings. The van der Waals surface area contributed by atoms with Crippen LogP contribution in [-0.2, 0) is 6.54 Å². The molecule has 0 amide bonds. The first kappa shape index (κ1) is 14.0. The number of halogens is 2. The van der Waals surface area contributed by atoms with Gasteiger partial charge in [0, 0.05) is 42.3 Å². The van der Waals surface area contributed by atoms with Crippen molar-refractivity contribution in [1.82, 2.24) is 10.2 Å². The summed E-state index contributed by atoms with van der Waals surface area (Å²) in [5.74, 6) is -0.116. The minimum Gasteiger partial charge on any atom is -0.311 e. The summed E-state index contributed by atoms with van der Waals surface area (Å²) in [5.41, 5.74) is 0.787. The van der Waals surface area contributed by atoms with Gasteiger partial charge in [-0.2, -0.15) is 0 Å². The second-order valence-corrected chi connectivity index (χ2v) is 5.83. The average molecular weight is 315 g/mol. The zero-order valence-corrected chi connectivity index (χ0v) is 12.3. The van der Waals surface area contributed by atoms with Crippen LogP contribution in [0.15, 0.2) is 22.7 Å². The Hall–Kier alpha value is -0.450. The van der Waals surface area contributed by atoms with Gasteiger partial charge in [0.1, 0.15) is 5.82 Å². The fourth-order valence-corrected chi connectivity index (χ4v) is 2.80. The normalized spacial score (nSPS) is 21.2. The maximum atomic E-state index is 13.8. The van der Waals surface area contributed by atoms with Crippen molar-refractivity contribution in [1.29, 1.82) is 0 Å². The van der Waals surface area contributed by atoms with Crippen molar-refractivity contribution in [3.63, 3.8) is 0 Å². The number of hydrogen-bond acceptors (Lipinski definition) is 2. The minimum atomic E-state index is -0.116. The van der Waals surface area contributed by atoms with Crippen LogP contribution >= 0.6 is 15.9 Å². The van der Waals surface area contributed by atoms with Crippen LogP contribution in [0.25, 0.3) is 0 Å². The lowest BCUT2D eigenvalue weighted by Gasteiger charge is -2.33. The summed E-state index contributed by atoms with van der Waals surface area (Å²) in [6.07, 6.45) is 2.39. The molecule has 100 valence electrons. The van der Waals surface area contributed by atoms with Gasteiger partial charge in [-0.15, -0.1) is 0 Å². The van der Waals surface area contributed by atoms with E-state index in [0.29, 0.717) is 12.6 Å². The summed E-state index contributed by atoms with van der Waals surface area (Å²) in [4.78, 5) is 2.34. The predicted octanol–water partition coefficient (Wildman–Crippen LogP) is 3.16. The highest BCUT2D eigenvalue weighted by Gasteiger charge is 2.19. The van der Waals surface area contributed by atoms with Crippen LogP contribution in [0, 0.1) is 5.82 Å². The lowest BCUT2D eigenvalue weighted by atomic mass is 10.1. The molecule has 1 aromatic rings. The Balaban J connectivity index is 1.96. The fraction of sp³-hybridized carbons (Fsp3) is 0.571. The van der Waals surface area contributed by atoms with Gasteiger partial charge in [0.2, 0.25) is 0 Å². The second kappa shape index (κ2) is 6.64. The third kappa shape index (κ3) is 3.77. The van der Waals surface area contributed by atoms with E-state index in [1.165, 1.54) is 12.8 Å². The molecular weight excluding hydrogens is 295 g/mol. The summed E-state index contributed by atoms with van der Waals surface area (Å²) in [6.45, 7) is 5.93. The van der Waals surface area contributed by atoms with Gasteiger partial charge >= 0.3 is 0 Å². The van der Waals surface area contributed by atoms with Crippen LogP contribution in [-0.4, -0.2) is 30.6 Å². The van der Waals surface area contributed by atoms with E-state index in [2.05, 4.69) is 33.1 Å². The van der Waals surface area contributed by atoms with Crippen molar-refractivity contribution in [2.45, 2.75) is 32.4 Å². The lowest BCUT2D eigenvalue weighted by Crippen LogP contribution is -2.50. The summed E-state index contributed by atoms with van der Waals surface area (Å²) < 4.78 is 14.6. The molecule has 1 aliphatic rings. The molecule has 0 aliphatic carbocycles. The van der Waals surface area contributed by atoms with Crippen LogP contribution < -0.4 is 5.32 Å². The number of nitrogens with one attached hydrogen (secondary N) is 1. The molecule has 1 aliphatic heterocycles. The molecule has 0 bridgehead atoms. The first-order valence-corrected chi connectivity index (χ1v) is 7.38. The van der Waals surface area contributed by atoms with E-state index in [0.717, 1.165) is 29.7 Å². The highest BCUT2D eigenvalue weighted by atomic mass is 79.9. The molecule has 1 heterocycles. The predicted molar refractivity (Wildman–Crippen MR) is 76.1 cm³/mol. The lowest BCUT2D eigenvalue weighted by molar-refractivity contribution is 0.185. The highest BCUT2D eigenvalue weighted by molar-refractivity contribution is 9.10. The molecule has 1 atom stereocenters. The van der Waals surface area contributed by atoms with Crippen molar-refractivity contribution < 1.29 is 4.39 Å². The first-order chi connectivity index (χ1) is 8.69. The monoisotopic (exact) mass is 314 g/mol. The molecule has 0 spiro atoms. The molecule has 1 aromatic carbocycles. The molecule has 0 aromatic heterocycles.